The van der Waals surface area contributed by atoms with Gasteiger partial charge >= 0.3 is 0 Å². The number of likely N-dealkylation sites (tertiary alicyclic amines) is 1. The minimum Gasteiger partial charge on any atom is -0.353 e. The molecule has 0 unspecified atom stereocenters. The zero-order valence-electron chi connectivity index (χ0n) is 16.6. The van der Waals surface area contributed by atoms with Crippen LogP contribution >= 0.6 is 22.9 Å². The minimum atomic E-state index is 0.0259. The van der Waals surface area contributed by atoms with Gasteiger partial charge in [-0.1, -0.05) is 41.9 Å². The average molecular weight is 442 g/mol. The quantitative estimate of drug-likeness (QED) is 0.573. The maximum Gasteiger partial charge on any atom is 0.226 e. The van der Waals surface area contributed by atoms with Gasteiger partial charge in [-0.2, -0.15) is 0 Å². The summed E-state index contributed by atoms with van der Waals surface area (Å²) < 4.78 is 0. The minimum absolute atomic E-state index is 0.0259. The topological polar surface area (TPSA) is 70.1 Å². The first-order valence-electron chi connectivity index (χ1n) is 10.0. The molecule has 6 nitrogen and oxygen atoms in total. The number of carbonyl (C=O) groups excluding carboxylic acids is 1. The third-order valence-electron chi connectivity index (χ3n) is 5.06. The van der Waals surface area contributed by atoms with E-state index < -0.39 is 0 Å². The lowest BCUT2D eigenvalue weighted by Crippen LogP contribution is -2.44. The highest BCUT2D eigenvalue weighted by molar-refractivity contribution is 7.13. The first-order chi connectivity index (χ1) is 14.6. The Hall–Kier alpha value is -2.48. The highest BCUT2D eigenvalue weighted by atomic mass is 35.5. The second-order valence-corrected chi connectivity index (χ2v) is 8.71. The van der Waals surface area contributed by atoms with Crippen molar-refractivity contribution in [3.05, 3.63) is 70.3 Å². The Bertz CT molecular complexity index is 955. The van der Waals surface area contributed by atoms with Gasteiger partial charge in [-0.25, -0.2) is 9.97 Å². The van der Waals surface area contributed by atoms with Gasteiger partial charge in [-0.05, 0) is 30.5 Å². The molecule has 1 aliphatic heterocycles. The first kappa shape index (κ1) is 20.8. The van der Waals surface area contributed by atoms with Gasteiger partial charge in [0.1, 0.15) is 5.82 Å². The van der Waals surface area contributed by atoms with Crippen molar-refractivity contribution in [2.24, 2.45) is 0 Å². The summed E-state index contributed by atoms with van der Waals surface area (Å²) in [6, 6.07) is 14.3. The van der Waals surface area contributed by atoms with Crippen molar-refractivity contribution < 1.29 is 4.79 Å². The maximum atomic E-state index is 12.5. The molecule has 0 saturated carbocycles. The van der Waals surface area contributed by atoms with Gasteiger partial charge in [-0.15, -0.1) is 11.3 Å². The van der Waals surface area contributed by atoms with Gasteiger partial charge in [0.05, 0.1) is 17.1 Å². The van der Waals surface area contributed by atoms with Crippen molar-refractivity contribution in [2.45, 2.75) is 31.8 Å². The Morgan fingerprint density at radius 1 is 1.17 bits per heavy atom. The van der Waals surface area contributed by atoms with Crippen molar-refractivity contribution in [1.29, 1.82) is 0 Å². The number of nitrogens with one attached hydrogen (secondary N) is 2. The molecule has 0 atom stereocenters. The second-order valence-electron chi connectivity index (χ2n) is 7.41. The van der Waals surface area contributed by atoms with E-state index in [1.165, 1.54) is 16.9 Å². The summed E-state index contributed by atoms with van der Waals surface area (Å²) in [6.45, 7) is 2.97. The molecular weight excluding hydrogens is 418 g/mol. The standard InChI is InChI=1S/C22H24ClN5OS/c23-17-6-7-20(24-13-17)27-22-26-19(15-30-22)12-21(29)25-18-8-10-28(11-9-18)14-16-4-2-1-3-5-16/h1-7,13,15,18H,8-12,14H2,(H,25,29)(H,24,26,27). The Morgan fingerprint density at radius 2 is 1.97 bits per heavy atom. The molecule has 4 rings (SSSR count). The summed E-state index contributed by atoms with van der Waals surface area (Å²) in [7, 11) is 0. The van der Waals surface area contributed by atoms with E-state index in [1.54, 1.807) is 18.3 Å². The van der Waals surface area contributed by atoms with E-state index in [1.807, 2.05) is 11.4 Å². The number of rotatable bonds is 7. The summed E-state index contributed by atoms with van der Waals surface area (Å²) in [5.74, 6) is 0.699. The van der Waals surface area contributed by atoms with Crippen LogP contribution in [0.25, 0.3) is 0 Å². The Kier molecular flexibility index (Phi) is 6.94. The molecule has 156 valence electrons. The molecule has 1 aromatic carbocycles. The Morgan fingerprint density at radius 3 is 2.70 bits per heavy atom. The summed E-state index contributed by atoms with van der Waals surface area (Å²) in [5, 5.41) is 9.50. The average Bonchev–Trinajstić information content (AvgIpc) is 3.18. The zero-order chi connectivity index (χ0) is 20.8. The van der Waals surface area contributed by atoms with Gasteiger partial charge in [0.25, 0.3) is 0 Å². The Balaban J connectivity index is 1.21. The molecule has 0 spiro atoms. The summed E-state index contributed by atoms with van der Waals surface area (Å²) in [6.07, 6.45) is 3.82. The molecule has 30 heavy (non-hydrogen) atoms. The van der Waals surface area contributed by atoms with Crippen molar-refractivity contribution >= 4 is 39.8 Å². The van der Waals surface area contributed by atoms with E-state index in [0.29, 0.717) is 16.0 Å². The predicted octanol–water partition coefficient (Wildman–Crippen LogP) is 4.26. The van der Waals surface area contributed by atoms with Crippen LogP contribution in [0.2, 0.25) is 5.02 Å². The van der Waals surface area contributed by atoms with Gasteiger partial charge in [-0.3, -0.25) is 9.69 Å². The number of amides is 1. The normalized spacial score (nSPS) is 15.1. The number of thiazole rings is 1. The maximum absolute atomic E-state index is 12.5. The fraction of sp³-hybridized carbons (Fsp3) is 0.318. The number of hydrogen-bond acceptors (Lipinski definition) is 6. The van der Waals surface area contributed by atoms with Gasteiger partial charge in [0, 0.05) is 37.3 Å². The van der Waals surface area contributed by atoms with E-state index >= 15 is 0 Å². The van der Waals surface area contributed by atoms with Crippen LogP contribution in [-0.2, 0) is 17.8 Å². The summed E-state index contributed by atoms with van der Waals surface area (Å²) >= 11 is 7.31. The van der Waals surface area contributed by atoms with Crippen LogP contribution in [0.3, 0.4) is 0 Å². The van der Waals surface area contributed by atoms with Crippen LogP contribution in [0, 0.1) is 0 Å². The zero-order valence-corrected chi connectivity index (χ0v) is 18.1. The van der Waals surface area contributed by atoms with E-state index in [2.05, 4.69) is 49.8 Å². The third-order valence-corrected chi connectivity index (χ3v) is 6.09. The highest BCUT2D eigenvalue weighted by Gasteiger charge is 2.21. The lowest BCUT2D eigenvalue weighted by Gasteiger charge is -2.32. The van der Waals surface area contributed by atoms with E-state index in [-0.39, 0.29) is 18.4 Å². The van der Waals surface area contributed by atoms with Gasteiger partial charge in [0.15, 0.2) is 5.13 Å². The third kappa shape index (κ3) is 6.01. The summed E-state index contributed by atoms with van der Waals surface area (Å²) in [4.78, 5) is 23.6. The van der Waals surface area contributed by atoms with Crippen LogP contribution in [0.15, 0.2) is 54.0 Å². The molecule has 1 saturated heterocycles. The SMILES string of the molecule is O=C(Cc1csc(Nc2ccc(Cl)cn2)n1)NC1CCN(Cc2ccccc2)CC1. The van der Waals surface area contributed by atoms with E-state index in [0.717, 1.165) is 38.2 Å². The molecule has 1 fully saturated rings. The molecule has 1 aliphatic rings. The van der Waals surface area contributed by atoms with Crippen molar-refractivity contribution in [1.82, 2.24) is 20.2 Å². The number of carbonyl (C=O) groups is 1. The van der Waals surface area contributed by atoms with Gasteiger partial charge < -0.3 is 10.6 Å². The predicted molar refractivity (Wildman–Crippen MR) is 121 cm³/mol. The monoisotopic (exact) mass is 441 g/mol. The van der Waals surface area contributed by atoms with Crippen molar-refractivity contribution in [2.75, 3.05) is 18.4 Å². The number of hydrogen-bond donors (Lipinski definition) is 2. The molecule has 2 N–H and O–H groups in total. The first-order valence-corrected chi connectivity index (χ1v) is 11.3. The van der Waals surface area contributed by atoms with Crippen LogP contribution in [0.4, 0.5) is 10.9 Å². The summed E-state index contributed by atoms with van der Waals surface area (Å²) in [5.41, 5.74) is 2.09. The fourth-order valence-electron chi connectivity index (χ4n) is 3.53. The number of nitrogens with zero attached hydrogens (tertiary/aromatic N) is 3. The molecule has 0 radical (unpaired) electrons. The largest absolute Gasteiger partial charge is 0.353 e. The number of pyridine rings is 1. The van der Waals surface area contributed by atoms with Gasteiger partial charge in [0.2, 0.25) is 5.91 Å². The van der Waals surface area contributed by atoms with Crippen LogP contribution < -0.4 is 10.6 Å². The molecular formula is C22H24ClN5OS. The lowest BCUT2D eigenvalue weighted by atomic mass is 10.0. The van der Waals surface area contributed by atoms with Crippen LogP contribution in [0.5, 0.6) is 0 Å². The van der Waals surface area contributed by atoms with Crippen molar-refractivity contribution in [3.63, 3.8) is 0 Å². The second kappa shape index (κ2) is 10.0. The lowest BCUT2D eigenvalue weighted by molar-refractivity contribution is -0.121. The molecule has 0 bridgehead atoms. The molecule has 2 aromatic heterocycles. The van der Waals surface area contributed by atoms with E-state index in [4.69, 9.17) is 11.6 Å². The number of benzene rings is 1. The van der Waals surface area contributed by atoms with Crippen molar-refractivity contribution in [3.8, 4) is 0 Å². The smallest absolute Gasteiger partial charge is 0.226 e. The molecule has 0 aliphatic carbocycles. The van der Waals surface area contributed by atoms with Crippen LogP contribution in [-0.4, -0.2) is 39.9 Å². The number of halogens is 1. The van der Waals surface area contributed by atoms with Crippen LogP contribution in [0.1, 0.15) is 24.1 Å². The number of piperidine rings is 1. The van der Waals surface area contributed by atoms with E-state index in [9.17, 15) is 4.79 Å². The highest BCUT2D eigenvalue weighted by Crippen LogP contribution is 2.21. The molecule has 3 aromatic rings. The number of aromatic nitrogens is 2. The molecule has 8 heteroatoms. The fourth-order valence-corrected chi connectivity index (χ4v) is 4.35. The molecule has 3 heterocycles. The Labute approximate surface area is 185 Å². The molecule has 1 amide bonds. The number of anilines is 2.